The Hall–Kier alpha value is -1.40. The van der Waals surface area contributed by atoms with Crippen molar-refractivity contribution in [2.24, 2.45) is 0 Å². The van der Waals surface area contributed by atoms with Gasteiger partial charge in [0, 0.05) is 19.2 Å². The Balaban J connectivity index is 2.24. The van der Waals surface area contributed by atoms with E-state index in [1.165, 1.54) is 0 Å². The SMILES string of the molecule is CCNc1cc(N2CCOCC2CO)nc(C)n1. The molecule has 1 aliphatic heterocycles. The molecule has 1 aromatic heterocycles. The van der Waals surface area contributed by atoms with E-state index in [4.69, 9.17) is 4.74 Å². The van der Waals surface area contributed by atoms with Crippen molar-refractivity contribution in [2.45, 2.75) is 19.9 Å². The molecule has 2 rings (SSSR count). The minimum Gasteiger partial charge on any atom is -0.394 e. The third kappa shape index (κ3) is 2.88. The van der Waals surface area contributed by atoms with Gasteiger partial charge in [0.25, 0.3) is 0 Å². The summed E-state index contributed by atoms with van der Waals surface area (Å²) in [5.41, 5.74) is 0. The van der Waals surface area contributed by atoms with Gasteiger partial charge in [0.2, 0.25) is 0 Å². The van der Waals surface area contributed by atoms with Crippen molar-refractivity contribution in [3.63, 3.8) is 0 Å². The molecular weight excluding hydrogens is 232 g/mol. The lowest BCUT2D eigenvalue weighted by atomic mass is 10.2. The van der Waals surface area contributed by atoms with Crippen LogP contribution in [0.4, 0.5) is 11.6 Å². The van der Waals surface area contributed by atoms with Crippen molar-refractivity contribution >= 4 is 11.6 Å². The van der Waals surface area contributed by atoms with E-state index in [2.05, 4.69) is 20.2 Å². The van der Waals surface area contributed by atoms with Crippen LogP contribution < -0.4 is 10.2 Å². The summed E-state index contributed by atoms with van der Waals surface area (Å²) in [7, 11) is 0. The van der Waals surface area contributed by atoms with E-state index in [1.54, 1.807) is 0 Å². The summed E-state index contributed by atoms with van der Waals surface area (Å²) in [5, 5.41) is 12.6. The zero-order valence-corrected chi connectivity index (χ0v) is 10.9. The third-order valence-electron chi connectivity index (χ3n) is 2.91. The molecule has 0 radical (unpaired) electrons. The average molecular weight is 252 g/mol. The average Bonchev–Trinajstić information content (AvgIpc) is 2.38. The summed E-state index contributed by atoms with van der Waals surface area (Å²) < 4.78 is 5.37. The first-order valence-corrected chi connectivity index (χ1v) is 6.29. The summed E-state index contributed by atoms with van der Waals surface area (Å²) in [6.45, 7) is 6.74. The molecule has 1 atom stereocenters. The van der Waals surface area contributed by atoms with Crippen LogP contribution in [0.5, 0.6) is 0 Å². The molecule has 0 saturated carbocycles. The maximum absolute atomic E-state index is 9.38. The van der Waals surface area contributed by atoms with E-state index in [9.17, 15) is 5.11 Å². The third-order valence-corrected chi connectivity index (χ3v) is 2.91. The number of nitrogens with one attached hydrogen (secondary N) is 1. The van der Waals surface area contributed by atoms with Crippen molar-refractivity contribution < 1.29 is 9.84 Å². The van der Waals surface area contributed by atoms with Crippen molar-refractivity contribution in [1.82, 2.24) is 9.97 Å². The molecule has 1 aromatic rings. The van der Waals surface area contributed by atoms with Gasteiger partial charge in [0.1, 0.15) is 17.5 Å². The Morgan fingerprint density at radius 1 is 1.56 bits per heavy atom. The van der Waals surface area contributed by atoms with Gasteiger partial charge in [-0.1, -0.05) is 0 Å². The van der Waals surface area contributed by atoms with Crippen LogP contribution in [0.3, 0.4) is 0 Å². The number of ether oxygens (including phenoxy) is 1. The summed E-state index contributed by atoms with van der Waals surface area (Å²) in [6, 6.07) is 1.90. The van der Waals surface area contributed by atoms with Gasteiger partial charge < -0.3 is 20.1 Å². The Labute approximate surface area is 107 Å². The second kappa shape index (κ2) is 5.97. The molecule has 1 unspecified atom stereocenters. The highest BCUT2D eigenvalue weighted by Gasteiger charge is 2.24. The standard InChI is InChI=1S/C12H20N4O2/c1-3-13-11-6-12(15-9(2)14-11)16-4-5-18-8-10(16)7-17/h6,10,17H,3-5,7-8H2,1-2H3,(H,13,14,15). The second-order valence-electron chi connectivity index (χ2n) is 4.29. The first-order chi connectivity index (χ1) is 8.74. The highest BCUT2D eigenvalue weighted by molar-refractivity contribution is 5.50. The zero-order chi connectivity index (χ0) is 13.0. The fourth-order valence-electron chi connectivity index (χ4n) is 2.08. The number of aliphatic hydroxyl groups is 1. The first-order valence-electron chi connectivity index (χ1n) is 6.29. The van der Waals surface area contributed by atoms with Crippen molar-refractivity contribution in [3.05, 3.63) is 11.9 Å². The molecular formula is C12H20N4O2. The largest absolute Gasteiger partial charge is 0.394 e. The molecule has 6 nitrogen and oxygen atoms in total. The van der Waals surface area contributed by atoms with Gasteiger partial charge in [0.05, 0.1) is 25.9 Å². The van der Waals surface area contributed by atoms with Gasteiger partial charge in [-0.25, -0.2) is 9.97 Å². The lowest BCUT2D eigenvalue weighted by Crippen LogP contribution is -2.48. The first kappa shape index (κ1) is 13.0. The van der Waals surface area contributed by atoms with E-state index < -0.39 is 0 Å². The van der Waals surface area contributed by atoms with Crippen molar-refractivity contribution in [3.8, 4) is 0 Å². The van der Waals surface area contributed by atoms with Gasteiger partial charge >= 0.3 is 0 Å². The minimum absolute atomic E-state index is 0.0254. The topological polar surface area (TPSA) is 70.5 Å². The summed E-state index contributed by atoms with van der Waals surface area (Å²) in [6.07, 6.45) is 0. The minimum atomic E-state index is -0.0254. The van der Waals surface area contributed by atoms with Gasteiger partial charge in [-0.3, -0.25) is 0 Å². The maximum Gasteiger partial charge on any atom is 0.134 e. The highest BCUT2D eigenvalue weighted by Crippen LogP contribution is 2.20. The number of hydrogen-bond acceptors (Lipinski definition) is 6. The fraction of sp³-hybridized carbons (Fsp3) is 0.667. The summed E-state index contributed by atoms with van der Waals surface area (Å²) in [5.74, 6) is 2.40. The lowest BCUT2D eigenvalue weighted by molar-refractivity contribution is 0.0722. The molecule has 18 heavy (non-hydrogen) atoms. The quantitative estimate of drug-likeness (QED) is 0.809. The smallest absolute Gasteiger partial charge is 0.134 e. The van der Waals surface area contributed by atoms with E-state index in [0.717, 1.165) is 30.5 Å². The Morgan fingerprint density at radius 2 is 2.39 bits per heavy atom. The maximum atomic E-state index is 9.38. The fourth-order valence-corrected chi connectivity index (χ4v) is 2.08. The van der Waals surface area contributed by atoms with Crippen LogP contribution >= 0.6 is 0 Å². The molecule has 0 aromatic carbocycles. The number of rotatable bonds is 4. The number of morpholine rings is 1. The Bertz CT molecular complexity index is 400. The van der Waals surface area contributed by atoms with Gasteiger partial charge in [-0.15, -0.1) is 0 Å². The van der Waals surface area contributed by atoms with Crippen LogP contribution in [0.1, 0.15) is 12.7 Å². The molecule has 0 bridgehead atoms. The number of aliphatic hydroxyl groups excluding tert-OH is 1. The monoisotopic (exact) mass is 252 g/mol. The zero-order valence-electron chi connectivity index (χ0n) is 10.9. The molecule has 2 heterocycles. The van der Waals surface area contributed by atoms with Crippen LogP contribution in [0.25, 0.3) is 0 Å². The van der Waals surface area contributed by atoms with Crippen LogP contribution in [0, 0.1) is 6.92 Å². The Kier molecular flexibility index (Phi) is 4.33. The van der Waals surface area contributed by atoms with Gasteiger partial charge in [0.15, 0.2) is 0 Å². The molecule has 0 spiro atoms. The molecule has 100 valence electrons. The molecule has 1 saturated heterocycles. The molecule has 0 amide bonds. The summed E-state index contributed by atoms with van der Waals surface area (Å²) in [4.78, 5) is 10.9. The molecule has 0 aliphatic carbocycles. The van der Waals surface area contributed by atoms with Gasteiger partial charge in [-0.2, -0.15) is 0 Å². The molecule has 1 aliphatic rings. The second-order valence-corrected chi connectivity index (χ2v) is 4.29. The number of aryl methyl sites for hydroxylation is 1. The normalized spacial score (nSPS) is 19.9. The predicted octanol–water partition coefficient (Wildman–Crippen LogP) is 0.414. The van der Waals surface area contributed by atoms with Crippen molar-refractivity contribution in [2.75, 3.05) is 43.1 Å². The van der Waals surface area contributed by atoms with E-state index >= 15 is 0 Å². The van der Waals surface area contributed by atoms with E-state index in [0.29, 0.717) is 13.2 Å². The number of aromatic nitrogens is 2. The Morgan fingerprint density at radius 3 is 3.11 bits per heavy atom. The molecule has 1 fully saturated rings. The van der Waals surface area contributed by atoms with Crippen LogP contribution in [-0.2, 0) is 4.74 Å². The number of nitrogens with zero attached hydrogens (tertiary/aromatic N) is 3. The van der Waals surface area contributed by atoms with Crippen LogP contribution in [-0.4, -0.2) is 54.0 Å². The van der Waals surface area contributed by atoms with E-state index in [-0.39, 0.29) is 12.6 Å². The van der Waals surface area contributed by atoms with Crippen LogP contribution in [0.2, 0.25) is 0 Å². The van der Waals surface area contributed by atoms with Crippen molar-refractivity contribution in [1.29, 1.82) is 0 Å². The number of anilines is 2. The predicted molar refractivity (Wildman–Crippen MR) is 70.0 cm³/mol. The molecule has 6 heteroatoms. The molecule has 2 N–H and O–H groups in total. The summed E-state index contributed by atoms with van der Waals surface area (Å²) >= 11 is 0. The highest BCUT2D eigenvalue weighted by atomic mass is 16.5. The lowest BCUT2D eigenvalue weighted by Gasteiger charge is -2.35. The van der Waals surface area contributed by atoms with E-state index in [1.807, 2.05) is 19.9 Å². The van der Waals surface area contributed by atoms with Gasteiger partial charge in [-0.05, 0) is 13.8 Å². The number of hydrogen-bond donors (Lipinski definition) is 2. The van der Waals surface area contributed by atoms with Crippen LogP contribution in [0.15, 0.2) is 6.07 Å².